The molecule has 0 aliphatic carbocycles. The summed E-state index contributed by atoms with van der Waals surface area (Å²) in [5, 5.41) is 11.1. The fraction of sp³-hybridized carbons (Fsp3) is 0.774. The molecule has 1 saturated heterocycles. The number of methoxy groups -OCH3 is 2. The fourth-order valence-electron chi connectivity index (χ4n) is 5.34. The van der Waals surface area contributed by atoms with Crippen molar-refractivity contribution in [2.24, 2.45) is 35.3 Å². The van der Waals surface area contributed by atoms with Gasteiger partial charge in [-0.25, -0.2) is 0 Å². The van der Waals surface area contributed by atoms with Gasteiger partial charge in [0.1, 0.15) is 17.3 Å². The highest BCUT2D eigenvalue weighted by Gasteiger charge is 2.31. The second-order valence-electron chi connectivity index (χ2n) is 11.7. The number of ether oxygens (including phenoxy) is 4. The van der Waals surface area contributed by atoms with Gasteiger partial charge in [0, 0.05) is 57.8 Å². The molecule has 7 nitrogen and oxygen atoms in total. The van der Waals surface area contributed by atoms with Crippen LogP contribution in [0.15, 0.2) is 18.2 Å². The first-order valence-electron chi connectivity index (χ1n) is 14.5. The minimum absolute atomic E-state index is 0.171. The van der Waals surface area contributed by atoms with Gasteiger partial charge in [0.15, 0.2) is 0 Å². The van der Waals surface area contributed by atoms with Crippen molar-refractivity contribution in [3.05, 3.63) is 23.8 Å². The number of ketones is 1. The first kappa shape index (κ1) is 32.5. The number of hydrogen-bond donors (Lipinski definition) is 2. The molecule has 1 fully saturated rings. The Morgan fingerprint density at radius 3 is 2.32 bits per heavy atom. The van der Waals surface area contributed by atoms with Crippen LogP contribution in [0.5, 0.6) is 11.5 Å². The molecule has 0 unspecified atom stereocenters. The van der Waals surface area contributed by atoms with Gasteiger partial charge in [-0.1, -0.05) is 27.7 Å². The van der Waals surface area contributed by atoms with Crippen LogP contribution in [0.25, 0.3) is 0 Å². The van der Waals surface area contributed by atoms with Gasteiger partial charge >= 0.3 is 0 Å². The van der Waals surface area contributed by atoms with Crippen molar-refractivity contribution in [2.75, 3.05) is 40.6 Å². The van der Waals surface area contributed by atoms with Gasteiger partial charge in [-0.05, 0) is 73.5 Å². The highest BCUT2D eigenvalue weighted by atomic mass is 16.5. The van der Waals surface area contributed by atoms with Crippen LogP contribution in [0, 0.1) is 29.6 Å². The molecule has 1 aromatic carbocycles. The van der Waals surface area contributed by atoms with Crippen molar-refractivity contribution in [3.8, 4) is 11.5 Å². The molecular weight excluding hydrogens is 482 g/mol. The molecule has 1 heterocycles. The molecule has 218 valence electrons. The second-order valence-corrected chi connectivity index (χ2v) is 11.7. The van der Waals surface area contributed by atoms with Gasteiger partial charge in [-0.15, -0.1) is 0 Å². The molecule has 0 spiro atoms. The van der Waals surface area contributed by atoms with E-state index in [9.17, 15) is 9.90 Å². The average Bonchev–Trinajstić information content (AvgIpc) is 2.89. The van der Waals surface area contributed by atoms with E-state index in [0.29, 0.717) is 44.3 Å². The van der Waals surface area contributed by atoms with E-state index >= 15 is 0 Å². The summed E-state index contributed by atoms with van der Waals surface area (Å²) in [7, 11) is 3.35. The van der Waals surface area contributed by atoms with Crippen molar-refractivity contribution in [2.45, 2.75) is 84.8 Å². The number of hydrogen-bond acceptors (Lipinski definition) is 7. The highest BCUT2D eigenvalue weighted by Crippen LogP contribution is 2.31. The number of benzene rings is 1. The Kier molecular flexibility index (Phi) is 14.7. The maximum Gasteiger partial charge on any atom is 0.136 e. The van der Waals surface area contributed by atoms with E-state index in [1.807, 2.05) is 12.1 Å². The summed E-state index contributed by atoms with van der Waals surface area (Å²) < 4.78 is 22.0. The molecule has 0 radical (unpaired) electrons. The molecule has 0 bridgehead atoms. The predicted molar refractivity (Wildman–Crippen MR) is 152 cm³/mol. The summed E-state index contributed by atoms with van der Waals surface area (Å²) in [6.45, 7) is 11.2. The van der Waals surface area contributed by atoms with Crippen LogP contribution >= 0.6 is 0 Å². The van der Waals surface area contributed by atoms with Crippen LogP contribution in [-0.4, -0.2) is 63.7 Å². The van der Waals surface area contributed by atoms with Crippen molar-refractivity contribution in [3.63, 3.8) is 0 Å². The average molecular weight is 536 g/mol. The first-order chi connectivity index (χ1) is 18.1. The molecule has 2 rings (SSSR count). The quantitative estimate of drug-likeness (QED) is 0.254. The lowest BCUT2D eigenvalue weighted by atomic mass is 9.78. The largest absolute Gasteiger partial charge is 0.497 e. The van der Waals surface area contributed by atoms with Gasteiger partial charge in [0.05, 0.1) is 19.8 Å². The number of Topliss-reactive ketones (excluding diaryl/α,β-unsaturated/α-hetero) is 1. The maximum absolute atomic E-state index is 13.2. The Bertz CT molecular complexity index is 808. The van der Waals surface area contributed by atoms with Gasteiger partial charge in [0.2, 0.25) is 0 Å². The van der Waals surface area contributed by atoms with Crippen LogP contribution < -0.4 is 15.2 Å². The van der Waals surface area contributed by atoms with Gasteiger partial charge in [0.25, 0.3) is 0 Å². The summed E-state index contributed by atoms with van der Waals surface area (Å²) in [5.41, 5.74) is 7.71. The molecule has 38 heavy (non-hydrogen) atoms. The summed E-state index contributed by atoms with van der Waals surface area (Å²) >= 11 is 0. The van der Waals surface area contributed by atoms with Crippen molar-refractivity contribution in [1.82, 2.24) is 0 Å². The lowest BCUT2D eigenvalue weighted by molar-refractivity contribution is -0.127. The fourth-order valence-corrected chi connectivity index (χ4v) is 5.34. The summed E-state index contributed by atoms with van der Waals surface area (Å²) in [6, 6.07) is 5.62. The van der Waals surface area contributed by atoms with E-state index in [0.717, 1.165) is 56.0 Å². The molecular formula is C31H53NO6. The van der Waals surface area contributed by atoms with Gasteiger partial charge < -0.3 is 29.8 Å². The van der Waals surface area contributed by atoms with E-state index in [-0.39, 0.29) is 23.5 Å². The Morgan fingerprint density at radius 2 is 1.71 bits per heavy atom. The highest BCUT2D eigenvalue weighted by molar-refractivity contribution is 5.81. The topological polar surface area (TPSA) is 100 Å². The van der Waals surface area contributed by atoms with E-state index in [4.69, 9.17) is 24.7 Å². The van der Waals surface area contributed by atoms with E-state index in [1.54, 1.807) is 14.2 Å². The van der Waals surface area contributed by atoms with Crippen LogP contribution in [-0.2, 0) is 20.7 Å². The van der Waals surface area contributed by atoms with Crippen LogP contribution in [0.4, 0.5) is 0 Å². The predicted octanol–water partition coefficient (Wildman–Crippen LogP) is 5.05. The molecule has 1 aromatic rings. The van der Waals surface area contributed by atoms with Crippen LogP contribution in [0.1, 0.15) is 71.8 Å². The lowest BCUT2D eigenvalue weighted by Gasteiger charge is -2.31. The minimum Gasteiger partial charge on any atom is -0.497 e. The number of rotatable bonds is 18. The first-order valence-corrected chi connectivity index (χ1v) is 14.5. The van der Waals surface area contributed by atoms with Crippen molar-refractivity contribution >= 4 is 5.78 Å². The third-order valence-corrected chi connectivity index (χ3v) is 7.99. The SMILES string of the molecule is COCCCOc1cc(C[C@@H](C[C@H](N)[C@@H](O)C[C@H](C(=O)CC2CCOCC2)C(C)C)C(C)C)cc(OC)c1. The number of nitrogens with two attached hydrogens (primary N) is 1. The normalized spacial score (nSPS) is 17.8. The number of carbonyl (C=O) groups is 1. The Balaban J connectivity index is 2.01. The van der Waals surface area contributed by atoms with Crippen molar-refractivity contribution in [1.29, 1.82) is 0 Å². The van der Waals surface area contributed by atoms with E-state index < -0.39 is 12.1 Å². The second kappa shape index (κ2) is 17.1. The zero-order valence-electron chi connectivity index (χ0n) is 24.6. The zero-order chi connectivity index (χ0) is 28.1. The lowest BCUT2D eigenvalue weighted by Crippen LogP contribution is -2.40. The third kappa shape index (κ3) is 11.2. The van der Waals surface area contributed by atoms with Crippen LogP contribution in [0.2, 0.25) is 0 Å². The monoisotopic (exact) mass is 535 g/mol. The zero-order valence-corrected chi connectivity index (χ0v) is 24.6. The Hall–Kier alpha value is -1.67. The number of aliphatic hydroxyl groups is 1. The van der Waals surface area contributed by atoms with Gasteiger partial charge in [-0.3, -0.25) is 4.79 Å². The van der Waals surface area contributed by atoms with Crippen molar-refractivity contribution < 1.29 is 28.8 Å². The third-order valence-electron chi connectivity index (χ3n) is 7.99. The Labute approximate surface area is 230 Å². The van der Waals surface area contributed by atoms with Gasteiger partial charge in [-0.2, -0.15) is 0 Å². The minimum atomic E-state index is -0.715. The van der Waals surface area contributed by atoms with E-state index in [2.05, 4.69) is 33.8 Å². The van der Waals surface area contributed by atoms with E-state index in [1.165, 1.54) is 0 Å². The molecule has 1 aliphatic heterocycles. The molecule has 1 aliphatic rings. The molecule has 3 N–H and O–H groups in total. The molecule has 0 saturated carbocycles. The number of aliphatic hydroxyl groups excluding tert-OH is 1. The summed E-state index contributed by atoms with van der Waals surface area (Å²) in [5.74, 6) is 2.84. The summed E-state index contributed by atoms with van der Waals surface area (Å²) in [6.07, 6.45) is 4.47. The Morgan fingerprint density at radius 1 is 1.03 bits per heavy atom. The molecule has 0 aromatic heterocycles. The summed E-state index contributed by atoms with van der Waals surface area (Å²) in [4.78, 5) is 13.2. The maximum atomic E-state index is 13.2. The standard InChI is InChI=1S/C31H53NO6/c1-21(2)25(14-24-15-26(36-6)19-27(16-24)38-11-7-10-35-5)18-29(32)31(34)20-28(22(3)4)30(33)17-23-8-12-37-13-9-23/h15-16,19,21-23,25,28-29,31,34H,7-14,17-18,20,32H2,1-6H3/t25-,28-,29-,31-/m0/s1. The molecule has 0 amide bonds. The molecule has 4 atom stereocenters. The smallest absolute Gasteiger partial charge is 0.136 e. The van der Waals surface area contributed by atoms with Crippen LogP contribution in [0.3, 0.4) is 0 Å². The number of carbonyl (C=O) groups excluding carboxylic acids is 1. The molecule has 7 heteroatoms.